The minimum Gasteiger partial charge on any atom is -0.339 e. The highest BCUT2D eigenvalue weighted by Crippen LogP contribution is 2.17. The van der Waals surface area contributed by atoms with E-state index in [2.05, 4.69) is 25.3 Å². The summed E-state index contributed by atoms with van der Waals surface area (Å²) < 4.78 is 0. The van der Waals surface area contributed by atoms with Gasteiger partial charge in [-0.1, -0.05) is 11.6 Å². The van der Waals surface area contributed by atoms with Crippen LogP contribution in [0.1, 0.15) is 0 Å². The fraction of sp³-hybridized carbons (Fsp3) is 0. The standard InChI is InChI=1S/C12H8ClN5/c13-10-6-8(3-5-14-10)17-11-7-16-9-2-1-4-15-12(9)18-11/h1-7H,(H,14,15,17,18). The Labute approximate surface area is 108 Å². The SMILES string of the molecule is Clc1cc(Nc2cnc3cccnc3n2)ccn1. The molecule has 0 saturated heterocycles. The summed E-state index contributed by atoms with van der Waals surface area (Å²) in [6.45, 7) is 0. The lowest BCUT2D eigenvalue weighted by molar-refractivity contribution is 1.22. The lowest BCUT2D eigenvalue weighted by Crippen LogP contribution is -1.96. The highest BCUT2D eigenvalue weighted by molar-refractivity contribution is 6.29. The number of anilines is 2. The number of aromatic nitrogens is 4. The van der Waals surface area contributed by atoms with E-state index in [9.17, 15) is 0 Å². The van der Waals surface area contributed by atoms with Crippen molar-refractivity contribution in [3.63, 3.8) is 0 Å². The Morgan fingerprint density at radius 1 is 1.06 bits per heavy atom. The topological polar surface area (TPSA) is 63.6 Å². The lowest BCUT2D eigenvalue weighted by atomic mass is 10.4. The van der Waals surface area contributed by atoms with Crippen molar-refractivity contribution in [3.8, 4) is 0 Å². The van der Waals surface area contributed by atoms with Crippen LogP contribution in [0.25, 0.3) is 11.2 Å². The molecule has 0 radical (unpaired) electrons. The fourth-order valence-electron chi connectivity index (χ4n) is 1.54. The Kier molecular flexibility index (Phi) is 2.74. The van der Waals surface area contributed by atoms with E-state index in [1.165, 1.54) is 0 Å². The molecular weight excluding hydrogens is 250 g/mol. The number of hydrogen-bond acceptors (Lipinski definition) is 5. The number of halogens is 1. The largest absolute Gasteiger partial charge is 0.339 e. The molecule has 0 aliphatic carbocycles. The van der Waals surface area contributed by atoms with Crippen LogP contribution in [0.15, 0.2) is 42.9 Å². The Morgan fingerprint density at radius 2 is 2.00 bits per heavy atom. The number of nitrogens with zero attached hydrogens (tertiary/aromatic N) is 4. The van der Waals surface area contributed by atoms with E-state index in [-0.39, 0.29) is 0 Å². The van der Waals surface area contributed by atoms with E-state index in [1.54, 1.807) is 30.7 Å². The van der Waals surface area contributed by atoms with Gasteiger partial charge >= 0.3 is 0 Å². The van der Waals surface area contributed by atoms with E-state index in [4.69, 9.17) is 11.6 Å². The molecular formula is C12H8ClN5. The summed E-state index contributed by atoms with van der Waals surface area (Å²) in [6.07, 6.45) is 4.96. The second kappa shape index (κ2) is 4.54. The summed E-state index contributed by atoms with van der Waals surface area (Å²) in [5.41, 5.74) is 2.16. The van der Waals surface area contributed by atoms with Crippen molar-refractivity contribution >= 4 is 34.3 Å². The lowest BCUT2D eigenvalue weighted by Gasteiger charge is -2.05. The molecule has 0 spiro atoms. The van der Waals surface area contributed by atoms with Gasteiger partial charge in [-0.15, -0.1) is 0 Å². The van der Waals surface area contributed by atoms with Gasteiger partial charge in [0.2, 0.25) is 0 Å². The van der Waals surface area contributed by atoms with E-state index < -0.39 is 0 Å². The van der Waals surface area contributed by atoms with Gasteiger partial charge < -0.3 is 5.32 Å². The van der Waals surface area contributed by atoms with E-state index in [0.29, 0.717) is 16.6 Å². The summed E-state index contributed by atoms with van der Waals surface area (Å²) in [6, 6.07) is 7.21. The molecule has 0 amide bonds. The number of hydrogen-bond donors (Lipinski definition) is 1. The minimum absolute atomic E-state index is 0.423. The van der Waals surface area contributed by atoms with Gasteiger partial charge in [-0.2, -0.15) is 0 Å². The van der Waals surface area contributed by atoms with Crippen LogP contribution >= 0.6 is 11.6 Å². The third kappa shape index (κ3) is 2.21. The van der Waals surface area contributed by atoms with Crippen LogP contribution in [0.4, 0.5) is 11.5 Å². The van der Waals surface area contributed by atoms with Crippen LogP contribution in [0.2, 0.25) is 5.15 Å². The van der Waals surface area contributed by atoms with Gasteiger partial charge in [-0.25, -0.2) is 19.9 Å². The van der Waals surface area contributed by atoms with Gasteiger partial charge in [0.05, 0.1) is 6.20 Å². The Hall–Kier alpha value is -2.27. The zero-order valence-corrected chi connectivity index (χ0v) is 9.96. The molecule has 0 aliphatic rings. The van der Waals surface area contributed by atoms with Crippen LogP contribution < -0.4 is 5.32 Å². The predicted molar refractivity (Wildman–Crippen MR) is 69.9 cm³/mol. The van der Waals surface area contributed by atoms with Crippen molar-refractivity contribution in [2.24, 2.45) is 0 Å². The molecule has 0 unspecified atom stereocenters. The van der Waals surface area contributed by atoms with Gasteiger partial charge in [0.1, 0.15) is 10.7 Å². The van der Waals surface area contributed by atoms with Gasteiger partial charge in [0, 0.05) is 18.1 Å². The maximum absolute atomic E-state index is 5.81. The number of fused-ring (bicyclic) bond motifs is 1. The van der Waals surface area contributed by atoms with Crippen molar-refractivity contribution in [2.75, 3.05) is 5.32 Å². The monoisotopic (exact) mass is 257 g/mol. The molecule has 0 aromatic carbocycles. The van der Waals surface area contributed by atoms with Gasteiger partial charge in [-0.05, 0) is 24.3 Å². The summed E-state index contributed by atoms with van der Waals surface area (Å²) in [7, 11) is 0. The Balaban J connectivity index is 1.95. The highest BCUT2D eigenvalue weighted by Gasteiger charge is 2.01. The molecule has 5 nitrogen and oxygen atoms in total. The third-order valence-corrected chi connectivity index (χ3v) is 2.52. The van der Waals surface area contributed by atoms with Crippen LogP contribution in [0.5, 0.6) is 0 Å². The molecule has 3 rings (SSSR count). The van der Waals surface area contributed by atoms with Crippen molar-refractivity contribution < 1.29 is 0 Å². The average molecular weight is 258 g/mol. The highest BCUT2D eigenvalue weighted by atomic mass is 35.5. The van der Waals surface area contributed by atoms with E-state index in [0.717, 1.165) is 11.2 Å². The van der Waals surface area contributed by atoms with Crippen LogP contribution in [-0.4, -0.2) is 19.9 Å². The van der Waals surface area contributed by atoms with Crippen molar-refractivity contribution in [3.05, 3.63) is 48.0 Å². The summed E-state index contributed by atoms with van der Waals surface area (Å²) >= 11 is 5.81. The zero-order valence-electron chi connectivity index (χ0n) is 9.21. The van der Waals surface area contributed by atoms with E-state index >= 15 is 0 Å². The molecule has 0 saturated carbocycles. The fourth-order valence-corrected chi connectivity index (χ4v) is 1.71. The molecule has 6 heteroatoms. The van der Waals surface area contributed by atoms with Crippen LogP contribution in [0.3, 0.4) is 0 Å². The van der Waals surface area contributed by atoms with E-state index in [1.807, 2.05) is 12.1 Å². The van der Waals surface area contributed by atoms with Crippen LogP contribution in [-0.2, 0) is 0 Å². The number of pyridine rings is 2. The molecule has 3 heterocycles. The summed E-state index contributed by atoms with van der Waals surface area (Å²) in [5.74, 6) is 0.614. The number of nitrogens with one attached hydrogen (secondary N) is 1. The molecule has 0 aliphatic heterocycles. The third-order valence-electron chi connectivity index (χ3n) is 2.32. The maximum Gasteiger partial charge on any atom is 0.180 e. The molecule has 88 valence electrons. The minimum atomic E-state index is 0.423. The van der Waals surface area contributed by atoms with Crippen molar-refractivity contribution in [1.82, 2.24) is 19.9 Å². The first-order valence-corrected chi connectivity index (χ1v) is 5.65. The Morgan fingerprint density at radius 3 is 2.89 bits per heavy atom. The predicted octanol–water partition coefficient (Wildman–Crippen LogP) is 2.82. The normalized spacial score (nSPS) is 10.5. The molecule has 1 N–H and O–H groups in total. The maximum atomic E-state index is 5.81. The molecule has 0 fully saturated rings. The Bertz CT molecular complexity index is 701. The summed E-state index contributed by atoms with van der Waals surface area (Å²) in [4.78, 5) is 16.7. The van der Waals surface area contributed by atoms with Crippen LogP contribution in [0, 0.1) is 0 Å². The smallest absolute Gasteiger partial charge is 0.180 e. The first-order chi connectivity index (χ1) is 8.81. The van der Waals surface area contributed by atoms with Gasteiger partial charge in [0.25, 0.3) is 0 Å². The molecule has 18 heavy (non-hydrogen) atoms. The molecule has 3 aromatic heterocycles. The summed E-state index contributed by atoms with van der Waals surface area (Å²) in [5, 5.41) is 3.52. The first-order valence-electron chi connectivity index (χ1n) is 5.27. The zero-order chi connectivity index (χ0) is 12.4. The first kappa shape index (κ1) is 10.9. The van der Waals surface area contributed by atoms with Crippen molar-refractivity contribution in [1.29, 1.82) is 0 Å². The molecule has 0 atom stereocenters. The second-order valence-electron chi connectivity index (χ2n) is 3.59. The van der Waals surface area contributed by atoms with Gasteiger partial charge in [-0.3, -0.25) is 0 Å². The number of rotatable bonds is 2. The quantitative estimate of drug-likeness (QED) is 0.715. The van der Waals surface area contributed by atoms with Crippen molar-refractivity contribution in [2.45, 2.75) is 0 Å². The molecule has 3 aromatic rings. The van der Waals surface area contributed by atoms with Gasteiger partial charge in [0.15, 0.2) is 11.5 Å². The average Bonchev–Trinajstić information content (AvgIpc) is 2.39. The second-order valence-corrected chi connectivity index (χ2v) is 3.98. The molecule has 0 bridgehead atoms.